The lowest BCUT2D eigenvalue weighted by atomic mass is 10.00. The van der Waals surface area contributed by atoms with Crippen molar-refractivity contribution in [2.75, 3.05) is 39.4 Å². The SMILES string of the molecule is CCN(CC)CCNC1(C#N)COC1. The van der Waals surface area contributed by atoms with Crippen LogP contribution in [-0.2, 0) is 4.74 Å². The largest absolute Gasteiger partial charge is 0.375 e. The molecule has 1 N–H and O–H groups in total. The number of nitrogens with zero attached hydrogens (tertiary/aromatic N) is 2. The molecule has 0 aromatic carbocycles. The van der Waals surface area contributed by atoms with Crippen LogP contribution in [0.15, 0.2) is 0 Å². The molecule has 0 bridgehead atoms. The quantitative estimate of drug-likeness (QED) is 0.661. The van der Waals surface area contributed by atoms with Crippen molar-refractivity contribution in [1.82, 2.24) is 10.2 Å². The number of nitrogens with one attached hydrogen (secondary N) is 1. The van der Waals surface area contributed by atoms with Crippen LogP contribution in [0.3, 0.4) is 0 Å². The maximum absolute atomic E-state index is 8.91. The molecule has 1 rings (SSSR count). The predicted molar refractivity (Wildman–Crippen MR) is 55.0 cm³/mol. The van der Waals surface area contributed by atoms with Gasteiger partial charge in [-0.3, -0.25) is 5.32 Å². The number of hydrogen-bond donors (Lipinski definition) is 1. The number of ether oxygens (including phenoxy) is 1. The molecule has 1 saturated heterocycles. The molecule has 0 radical (unpaired) electrons. The zero-order chi connectivity index (χ0) is 10.4. The van der Waals surface area contributed by atoms with Gasteiger partial charge in [-0.15, -0.1) is 0 Å². The highest BCUT2D eigenvalue weighted by Gasteiger charge is 2.38. The lowest BCUT2D eigenvalue weighted by Crippen LogP contribution is -2.60. The lowest BCUT2D eigenvalue weighted by molar-refractivity contribution is -0.0440. The minimum atomic E-state index is -0.396. The summed E-state index contributed by atoms with van der Waals surface area (Å²) in [6.45, 7) is 9.34. The smallest absolute Gasteiger partial charge is 0.153 e. The van der Waals surface area contributed by atoms with Gasteiger partial charge in [0.05, 0.1) is 19.3 Å². The van der Waals surface area contributed by atoms with E-state index in [2.05, 4.69) is 30.1 Å². The van der Waals surface area contributed by atoms with Crippen LogP contribution in [0.25, 0.3) is 0 Å². The van der Waals surface area contributed by atoms with Gasteiger partial charge in [0.15, 0.2) is 5.54 Å². The van der Waals surface area contributed by atoms with Gasteiger partial charge in [0.2, 0.25) is 0 Å². The van der Waals surface area contributed by atoms with Crippen molar-refractivity contribution in [3.8, 4) is 6.07 Å². The first-order valence-electron chi connectivity index (χ1n) is 5.22. The summed E-state index contributed by atoms with van der Waals surface area (Å²) in [6, 6.07) is 2.27. The topological polar surface area (TPSA) is 48.3 Å². The second kappa shape index (κ2) is 5.30. The maximum atomic E-state index is 8.91. The first-order chi connectivity index (χ1) is 6.76. The zero-order valence-corrected chi connectivity index (χ0v) is 9.05. The molecule has 4 nitrogen and oxygen atoms in total. The highest BCUT2D eigenvalue weighted by molar-refractivity contribution is 5.12. The molecule has 1 fully saturated rings. The van der Waals surface area contributed by atoms with Gasteiger partial charge in [0, 0.05) is 13.1 Å². The van der Waals surface area contributed by atoms with E-state index in [9.17, 15) is 0 Å². The third-order valence-electron chi connectivity index (χ3n) is 2.70. The molecule has 14 heavy (non-hydrogen) atoms. The lowest BCUT2D eigenvalue weighted by Gasteiger charge is -2.36. The standard InChI is InChI=1S/C10H19N3O/c1-3-13(4-2)6-5-12-10(7-11)8-14-9-10/h12H,3-6,8-9H2,1-2H3. The summed E-state index contributed by atoms with van der Waals surface area (Å²) < 4.78 is 5.04. The van der Waals surface area contributed by atoms with E-state index in [-0.39, 0.29) is 0 Å². The average Bonchev–Trinajstić information content (AvgIpc) is 2.16. The third-order valence-corrected chi connectivity index (χ3v) is 2.70. The van der Waals surface area contributed by atoms with Crippen molar-refractivity contribution in [3.05, 3.63) is 0 Å². The summed E-state index contributed by atoms with van der Waals surface area (Å²) >= 11 is 0. The van der Waals surface area contributed by atoms with Crippen LogP contribution < -0.4 is 5.32 Å². The highest BCUT2D eigenvalue weighted by atomic mass is 16.5. The molecule has 0 aromatic heterocycles. The van der Waals surface area contributed by atoms with Crippen molar-refractivity contribution in [3.63, 3.8) is 0 Å². The van der Waals surface area contributed by atoms with Crippen LogP contribution in [0.4, 0.5) is 0 Å². The molecule has 4 heteroatoms. The van der Waals surface area contributed by atoms with Crippen molar-refractivity contribution in [2.24, 2.45) is 0 Å². The summed E-state index contributed by atoms with van der Waals surface area (Å²) in [4.78, 5) is 2.33. The number of likely N-dealkylation sites (N-methyl/N-ethyl adjacent to an activating group) is 1. The molecule has 1 aliphatic rings. The van der Waals surface area contributed by atoms with Gasteiger partial charge in [-0.05, 0) is 13.1 Å². The van der Waals surface area contributed by atoms with E-state index >= 15 is 0 Å². The third kappa shape index (κ3) is 2.68. The molecule has 0 aliphatic carbocycles. The van der Waals surface area contributed by atoms with Crippen molar-refractivity contribution >= 4 is 0 Å². The van der Waals surface area contributed by atoms with Crippen LogP contribution >= 0.6 is 0 Å². The second-order valence-electron chi connectivity index (χ2n) is 3.64. The Morgan fingerprint density at radius 3 is 2.43 bits per heavy atom. The number of hydrogen-bond acceptors (Lipinski definition) is 4. The summed E-state index contributed by atoms with van der Waals surface area (Å²) in [7, 11) is 0. The van der Waals surface area contributed by atoms with Crippen LogP contribution in [0.5, 0.6) is 0 Å². The molecule has 0 unspecified atom stereocenters. The Morgan fingerprint density at radius 2 is 2.07 bits per heavy atom. The summed E-state index contributed by atoms with van der Waals surface area (Å²) in [5.41, 5.74) is -0.396. The fourth-order valence-corrected chi connectivity index (χ4v) is 1.51. The summed E-state index contributed by atoms with van der Waals surface area (Å²) in [5.74, 6) is 0. The van der Waals surface area contributed by atoms with E-state index < -0.39 is 5.54 Å². The fraction of sp³-hybridized carbons (Fsp3) is 0.900. The summed E-state index contributed by atoms with van der Waals surface area (Å²) in [5, 5.41) is 12.2. The predicted octanol–water partition coefficient (Wildman–Crippen LogP) is 0.210. The Hall–Kier alpha value is -0.630. The average molecular weight is 197 g/mol. The van der Waals surface area contributed by atoms with Gasteiger partial charge < -0.3 is 9.64 Å². The molecular weight excluding hydrogens is 178 g/mol. The van der Waals surface area contributed by atoms with Crippen LogP contribution in [0, 0.1) is 11.3 Å². The summed E-state index contributed by atoms with van der Waals surface area (Å²) in [6.07, 6.45) is 0. The molecule has 0 aromatic rings. The Bertz CT molecular complexity index is 204. The molecule has 0 spiro atoms. The van der Waals surface area contributed by atoms with Gasteiger partial charge in [-0.1, -0.05) is 13.8 Å². The van der Waals surface area contributed by atoms with Gasteiger partial charge >= 0.3 is 0 Å². The first-order valence-corrected chi connectivity index (χ1v) is 5.22. The van der Waals surface area contributed by atoms with E-state index in [1.165, 1.54) is 0 Å². The van der Waals surface area contributed by atoms with Crippen molar-refractivity contribution in [1.29, 1.82) is 5.26 Å². The van der Waals surface area contributed by atoms with Crippen molar-refractivity contribution < 1.29 is 4.74 Å². The Balaban J connectivity index is 2.17. The first kappa shape index (κ1) is 11.4. The second-order valence-corrected chi connectivity index (χ2v) is 3.64. The minimum Gasteiger partial charge on any atom is -0.375 e. The molecular formula is C10H19N3O. The van der Waals surface area contributed by atoms with Crippen LogP contribution in [0.1, 0.15) is 13.8 Å². The van der Waals surface area contributed by atoms with Crippen LogP contribution in [-0.4, -0.2) is 49.8 Å². The van der Waals surface area contributed by atoms with Crippen LogP contribution in [0.2, 0.25) is 0 Å². The maximum Gasteiger partial charge on any atom is 0.153 e. The Kier molecular flexibility index (Phi) is 4.33. The minimum absolute atomic E-state index is 0.396. The molecule has 1 heterocycles. The van der Waals surface area contributed by atoms with Crippen molar-refractivity contribution in [2.45, 2.75) is 19.4 Å². The molecule has 0 amide bonds. The Labute approximate surface area is 85.8 Å². The fourth-order valence-electron chi connectivity index (χ4n) is 1.51. The van der Waals surface area contributed by atoms with E-state index in [0.29, 0.717) is 13.2 Å². The highest BCUT2D eigenvalue weighted by Crippen LogP contribution is 2.14. The number of rotatable bonds is 6. The molecule has 0 atom stereocenters. The van der Waals surface area contributed by atoms with Gasteiger partial charge in [0.25, 0.3) is 0 Å². The van der Waals surface area contributed by atoms with E-state index in [0.717, 1.165) is 26.2 Å². The normalized spacial score (nSPS) is 19.0. The van der Waals surface area contributed by atoms with E-state index in [4.69, 9.17) is 10.00 Å². The van der Waals surface area contributed by atoms with Gasteiger partial charge in [-0.25, -0.2) is 0 Å². The monoisotopic (exact) mass is 197 g/mol. The van der Waals surface area contributed by atoms with Gasteiger partial charge in [-0.2, -0.15) is 5.26 Å². The van der Waals surface area contributed by atoms with E-state index in [1.807, 2.05) is 0 Å². The molecule has 0 saturated carbocycles. The Morgan fingerprint density at radius 1 is 1.43 bits per heavy atom. The zero-order valence-electron chi connectivity index (χ0n) is 9.05. The van der Waals surface area contributed by atoms with E-state index in [1.54, 1.807) is 0 Å². The van der Waals surface area contributed by atoms with Gasteiger partial charge in [0.1, 0.15) is 0 Å². The molecule has 80 valence electrons. The number of nitriles is 1. The molecule has 1 aliphatic heterocycles.